The highest BCUT2D eigenvalue weighted by Crippen LogP contribution is 2.64. The number of nitrogens with zero attached hydrogens (tertiary/aromatic N) is 2. The number of rotatable bonds is 10. The molecule has 0 atom stereocenters. The molecular weight excluding hydrogens is 623 g/mol. The monoisotopic (exact) mass is 640 g/mol. The molecule has 0 saturated carbocycles. The molecule has 5 nitrogen and oxygen atoms in total. The summed E-state index contributed by atoms with van der Waals surface area (Å²) in [6.07, 6.45) is -1.01. The first-order valence-electron chi connectivity index (χ1n) is 9.64. The second kappa shape index (κ2) is 10.8. The van der Waals surface area contributed by atoms with E-state index >= 15 is 0 Å². The number of unbranched alkanes of at least 4 members (excludes halogenated alkanes) is 1. The van der Waals surface area contributed by atoms with Crippen molar-refractivity contribution in [2.75, 3.05) is 20.3 Å². The first-order valence-corrected chi connectivity index (χ1v) is 11.1. The quantitative estimate of drug-likeness (QED) is 0.224. The van der Waals surface area contributed by atoms with Crippen molar-refractivity contribution in [2.45, 2.75) is 66.7 Å². The molecule has 39 heavy (non-hydrogen) atoms. The van der Waals surface area contributed by atoms with Gasteiger partial charge in [-0.2, -0.15) is 83.1 Å². The van der Waals surface area contributed by atoms with E-state index in [1.54, 1.807) is 0 Å². The van der Waals surface area contributed by atoms with Crippen LogP contribution in [0.15, 0.2) is 12.4 Å². The van der Waals surface area contributed by atoms with E-state index < -0.39 is 57.1 Å². The van der Waals surface area contributed by atoms with E-state index in [9.17, 15) is 83.1 Å². The lowest BCUT2D eigenvalue weighted by molar-refractivity contribution is -0.458. The van der Waals surface area contributed by atoms with Crippen molar-refractivity contribution in [3.05, 3.63) is 12.4 Å². The molecule has 0 radical (unpaired) electrons. The molecule has 0 unspecified atom stereocenters. The van der Waals surface area contributed by atoms with Gasteiger partial charge in [0.1, 0.15) is 0 Å². The fourth-order valence-corrected chi connectivity index (χ4v) is 2.86. The molecule has 1 heterocycles. The Labute approximate surface area is 207 Å². The van der Waals surface area contributed by atoms with Crippen LogP contribution in [0.5, 0.6) is 0 Å². The Morgan fingerprint density at radius 1 is 0.667 bits per heavy atom. The van der Waals surface area contributed by atoms with Crippen molar-refractivity contribution < 1.29 is 87.6 Å². The molecule has 0 aliphatic carbocycles. The van der Waals surface area contributed by atoms with Crippen LogP contribution in [0, 0.1) is 0 Å². The van der Waals surface area contributed by atoms with Gasteiger partial charge in [-0.25, -0.2) is 0 Å². The molecule has 0 aromatic heterocycles. The maximum Gasteiger partial charge on any atom is 0.460 e. The summed E-state index contributed by atoms with van der Waals surface area (Å²) in [5, 5.41) is -7.84. The molecule has 1 N–H and O–H groups in total. The first-order chi connectivity index (χ1) is 16.8. The van der Waals surface area contributed by atoms with Crippen LogP contribution in [-0.2, 0) is 10.1 Å². The standard InChI is InChI=1S/C8HF17O3S.C8H16N2/c9-1(10,3(13,14)5(17,18)7(21,22)23)2(11,12)4(15,16)6(19,20)8(24,25)29(26,27)28;1-3-4-5-10-7-6-9(2)8-10/h(H,26,27,28);6-7H,3-5,8H2,1-2H3. The van der Waals surface area contributed by atoms with Gasteiger partial charge in [0.05, 0.1) is 6.67 Å². The van der Waals surface area contributed by atoms with Gasteiger partial charge in [-0.1, -0.05) is 13.3 Å². The van der Waals surface area contributed by atoms with E-state index in [-0.39, 0.29) is 0 Å². The third-order valence-electron chi connectivity index (χ3n) is 4.75. The van der Waals surface area contributed by atoms with Crippen LogP contribution >= 0.6 is 0 Å². The highest BCUT2D eigenvalue weighted by Gasteiger charge is 2.96. The predicted molar refractivity (Wildman–Crippen MR) is 95.6 cm³/mol. The molecule has 1 aliphatic heterocycles. The SMILES string of the molecule is CCCCN1C=CN(C)C1.O=S(=O)(O)C(F)(F)C(F)(F)C(F)(F)C(F)(F)C(F)(F)C(F)(F)C(F)(F)C(F)(F)F. The van der Waals surface area contributed by atoms with Crippen molar-refractivity contribution in [1.29, 1.82) is 0 Å². The van der Waals surface area contributed by atoms with E-state index in [0.717, 1.165) is 6.67 Å². The highest BCUT2D eigenvalue weighted by atomic mass is 32.2. The summed E-state index contributed by atoms with van der Waals surface area (Å²) in [6, 6.07) is 0. The molecule has 0 saturated heterocycles. The van der Waals surface area contributed by atoms with Crippen molar-refractivity contribution in [3.63, 3.8) is 0 Å². The fraction of sp³-hybridized carbons (Fsp3) is 0.875. The Balaban J connectivity index is 0.00000120. The zero-order chi connectivity index (χ0) is 31.9. The van der Waals surface area contributed by atoms with Crippen LogP contribution in [0.25, 0.3) is 0 Å². The Morgan fingerprint density at radius 3 is 1.31 bits per heavy atom. The minimum absolute atomic E-state index is 1.07. The number of alkyl halides is 17. The summed E-state index contributed by atoms with van der Waals surface area (Å²) in [5.41, 5.74) is 0. The Morgan fingerprint density at radius 2 is 1.03 bits per heavy atom. The van der Waals surface area contributed by atoms with Crippen LogP contribution in [-0.4, -0.2) is 90.0 Å². The van der Waals surface area contributed by atoms with Crippen LogP contribution in [0.4, 0.5) is 74.6 Å². The molecule has 0 spiro atoms. The van der Waals surface area contributed by atoms with Gasteiger partial charge >= 0.3 is 57.1 Å². The van der Waals surface area contributed by atoms with Gasteiger partial charge < -0.3 is 9.80 Å². The van der Waals surface area contributed by atoms with Crippen molar-refractivity contribution >= 4 is 10.1 Å². The molecule has 234 valence electrons. The number of hydrogen-bond acceptors (Lipinski definition) is 4. The van der Waals surface area contributed by atoms with Gasteiger partial charge in [-0.3, -0.25) is 4.55 Å². The Hall–Kier alpha value is -1.94. The predicted octanol–water partition coefficient (Wildman–Crippen LogP) is 6.30. The minimum Gasteiger partial charge on any atom is -0.362 e. The second-order valence-corrected chi connectivity index (χ2v) is 9.26. The van der Waals surface area contributed by atoms with Crippen molar-refractivity contribution in [2.24, 2.45) is 0 Å². The fourth-order valence-electron chi connectivity index (χ4n) is 2.41. The maximum atomic E-state index is 13.0. The van der Waals surface area contributed by atoms with Crippen molar-refractivity contribution in [3.8, 4) is 0 Å². The maximum absolute atomic E-state index is 13.0. The topological polar surface area (TPSA) is 60.9 Å². The molecule has 0 fully saturated rings. The molecule has 1 rings (SSSR count). The van der Waals surface area contributed by atoms with Crippen LogP contribution in [0.1, 0.15) is 19.8 Å². The van der Waals surface area contributed by atoms with E-state index in [1.165, 1.54) is 19.4 Å². The van der Waals surface area contributed by atoms with Gasteiger partial charge in [-0.05, 0) is 6.42 Å². The molecule has 0 amide bonds. The first kappa shape index (κ1) is 37.1. The van der Waals surface area contributed by atoms with Gasteiger partial charge in [0.25, 0.3) is 0 Å². The highest BCUT2D eigenvalue weighted by molar-refractivity contribution is 7.87. The average Bonchev–Trinajstić information content (AvgIpc) is 3.15. The summed E-state index contributed by atoms with van der Waals surface area (Å²) in [6.45, 7) is 4.50. The van der Waals surface area contributed by atoms with Crippen molar-refractivity contribution in [1.82, 2.24) is 9.80 Å². The summed E-state index contributed by atoms with van der Waals surface area (Å²) in [5.74, 6) is -52.0. The smallest absolute Gasteiger partial charge is 0.362 e. The van der Waals surface area contributed by atoms with E-state index in [1.807, 2.05) is 0 Å². The summed E-state index contributed by atoms with van der Waals surface area (Å²) >= 11 is 0. The molecule has 0 bridgehead atoms. The summed E-state index contributed by atoms with van der Waals surface area (Å²) in [4.78, 5) is 4.53. The van der Waals surface area contributed by atoms with E-state index in [4.69, 9.17) is 4.55 Å². The molecule has 1 aliphatic rings. The lowest BCUT2D eigenvalue weighted by Crippen LogP contribution is -2.74. The lowest BCUT2D eigenvalue weighted by atomic mass is 9.91. The van der Waals surface area contributed by atoms with Crippen LogP contribution < -0.4 is 0 Å². The van der Waals surface area contributed by atoms with Gasteiger partial charge in [0.15, 0.2) is 0 Å². The van der Waals surface area contributed by atoms with E-state index in [2.05, 4.69) is 36.2 Å². The van der Waals surface area contributed by atoms with Crippen LogP contribution in [0.3, 0.4) is 0 Å². The second-order valence-electron chi connectivity index (χ2n) is 7.80. The normalized spacial score (nSPS) is 16.9. The third kappa shape index (κ3) is 6.06. The minimum atomic E-state index is -8.89. The molecular formula is C16H17F17N2O3S. The van der Waals surface area contributed by atoms with E-state index in [0.29, 0.717) is 0 Å². The largest absolute Gasteiger partial charge is 0.460 e. The number of hydrogen-bond donors (Lipinski definition) is 1. The van der Waals surface area contributed by atoms with Crippen LogP contribution in [0.2, 0.25) is 0 Å². The zero-order valence-corrected chi connectivity index (χ0v) is 19.8. The molecule has 23 heteroatoms. The molecule has 0 aromatic carbocycles. The number of halogens is 17. The van der Waals surface area contributed by atoms with Gasteiger partial charge in [0, 0.05) is 26.0 Å². The lowest BCUT2D eigenvalue weighted by Gasteiger charge is -2.42. The van der Waals surface area contributed by atoms with Gasteiger partial charge in [0.2, 0.25) is 0 Å². The zero-order valence-electron chi connectivity index (χ0n) is 19.0. The summed E-state index contributed by atoms with van der Waals surface area (Å²) in [7, 11) is -5.79. The van der Waals surface area contributed by atoms with Gasteiger partial charge in [-0.15, -0.1) is 0 Å². The third-order valence-corrected chi connectivity index (χ3v) is 5.66. The summed E-state index contributed by atoms with van der Waals surface area (Å²) < 4.78 is 242. The Kier molecular flexibility index (Phi) is 10.3. The molecule has 0 aromatic rings. The Bertz CT molecular complexity index is 979. The average molecular weight is 640 g/mol.